The van der Waals surface area contributed by atoms with E-state index in [-0.39, 0.29) is 24.6 Å². The predicted octanol–water partition coefficient (Wildman–Crippen LogP) is 2.47. The molecule has 0 amide bonds. The maximum Gasteiger partial charge on any atom is 0.129 e. The van der Waals surface area contributed by atoms with Crippen molar-refractivity contribution < 1.29 is 13.9 Å². The summed E-state index contributed by atoms with van der Waals surface area (Å²) in [6.45, 7) is 5.01. The first kappa shape index (κ1) is 16.6. The Balaban J connectivity index is 2.49. The van der Waals surface area contributed by atoms with Gasteiger partial charge < -0.3 is 15.2 Å². The van der Waals surface area contributed by atoms with Crippen LogP contribution in [0, 0.1) is 17.7 Å². The summed E-state index contributed by atoms with van der Waals surface area (Å²) in [7, 11) is 1.67. The van der Waals surface area contributed by atoms with Gasteiger partial charge >= 0.3 is 0 Å². The van der Waals surface area contributed by atoms with E-state index >= 15 is 0 Å². The van der Waals surface area contributed by atoms with E-state index in [0.717, 1.165) is 6.42 Å². The predicted molar refractivity (Wildman–Crippen MR) is 77.7 cm³/mol. The van der Waals surface area contributed by atoms with E-state index in [1.54, 1.807) is 19.2 Å². The molecule has 20 heavy (non-hydrogen) atoms. The number of rotatable bonds is 6. The van der Waals surface area contributed by atoms with Gasteiger partial charge in [0.2, 0.25) is 0 Å². The number of ether oxygens (including phenoxy) is 2. The largest absolute Gasteiger partial charge is 0.379 e. The zero-order chi connectivity index (χ0) is 15.0. The van der Waals surface area contributed by atoms with Gasteiger partial charge in [0, 0.05) is 24.8 Å². The van der Waals surface area contributed by atoms with Crippen LogP contribution >= 0.6 is 0 Å². The average molecular weight is 279 g/mol. The molecule has 1 aromatic rings. The van der Waals surface area contributed by atoms with Gasteiger partial charge in [0.25, 0.3) is 0 Å². The molecule has 0 aliphatic carbocycles. The van der Waals surface area contributed by atoms with E-state index in [1.165, 1.54) is 6.07 Å². The van der Waals surface area contributed by atoms with Gasteiger partial charge in [-0.2, -0.15) is 0 Å². The molecule has 0 heterocycles. The number of methoxy groups -OCH3 is 1. The molecule has 0 aliphatic heterocycles. The van der Waals surface area contributed by atoms with Crippen LogP contribution in [0.4, 0.5) is 4.39 Å². The highest BCUT2D eigenvalue weighted by atomic mass is 19.1. The quantitative estimate of drug-likeness (QED) is 0.642. The Morgan fingerprint density at radius 1 is 1.35 bits per heavy atom. The Bertz CT molecular complexity index is 489. The minimum absolute atomic E-state index is 0.222. The second-order valence-electron chi connectivity index (χ2n) is 5.08. The second-order valence-corrected chi connectivity index (χ2v) is 5.08. The maximum atomic E-state index is 13.8. The molecule has 1 aromatic carbocycles. The number of hydrogen-bond donors (Lipinski definition) is 1. The molecule has 2 N–H and O–H groups in total. The zero-order valence-corrected chi connectivity index (χ0v) is 12.3. The van der Waals surface area contributed by atoms with Crippen LogP contribution in [0.2, 0.25) is 0 Å². The number of halogens is 1. The fourth-order valence-corrected chi connectivity index (χ4v) is 1.50. The molecule has 0 fully saturated rings. The standard InChI is InChI=1S/C16H22FNO2/c1-16(2,19-3)8-10-20-12-14-7-6-13(5-4-9-18)11-15(14)17/h6-7,11H,8-10,12,18H2,1-3H3. The molecule has 0 spiro atoms. The number of nitrogens with two attached hydrogens (primary N) is 1. The summed E-state index contributed by atoms with van der Waals surface area (Å²) in [5.74, 6) is 5.18. The Hall–Kier alpha value is -1.41. The monoisotopic (exact) mass is 279 g/mol. The van der Waals surface area contributed by atoms with E-state index in [0.29, 0.717) is 17.7 Å². The Labute approximate surface area is 120 Å². The molecule has 0 saturated carbocycles. The summed E-state index contributed by atoms with van der Waals surface area (Å²) in [6, 6.07) is 4.86. The minimum Gasteiger partial charge on any atom is -0.379 e. The second kappa shape index (κ2) is 8.01. The van der Waals surface area contributed by atoms with Crippen LogP contribution in [-0.2, 0) is 16.1 Å². The van der Waals surface area contributed by atoms with Gasteiger partial charge in [0.1, 0.15) is 5.82 Å². The summed E-state index contributed by atoms with van der Waals surface area (Å²) in [5.41, 5.74) is 6.20. The summed E-state index contributed by atoms with van der Waals surface area (Å²) < 4.78 is 24.6. The zero-order valence-electron chi connectivity index (χ0n) is 12.3. The smallest absolute Gasteiger partial charge is 0.129 e. The van der Waals surface area contributed by atoms with Gasteiger partial charge in [0.05, 0.1) is 18.8 Å². The molecular weight excluding hydrogens is 257 g/mol. The molecule has 0 atom stereocenters. The maximum absolute atomic E-state index is 13.8. The lowest BCUT2D eigenvalue weighted by molar-refractivity contribution is -0.0127. The summed E-state index contributed by atoms with van der Waals surface area (Å²) >= 11 is 0. The Morgan fingerprint density at radius 2 is 2.10 bits per heavy atom. The third kappa shape index (κ3) is 5.70. The fraction of sp³-hybridized carbons (Fsp3) is 0.500. The van der Waals surface area contributed by atoms with Gasteiger partial charge in [-0.25, -0.2) is 4.39 Å². The molecule has 1 rings (SSSR count). The van der Waals surface area contributed by atoms with E-state index in [1.807, 2.05) is 13.8 Å². The van der Waals surface area contributed by atoms with Gasteiger partial charge in [-0.05, 0) is 32.4 Å². The molecule has 0 radical (unpaired) electrons. The molecule has 0 saturated heterocycles. The highest BCUT2D eigenvalue weighted by molar-refractivity contribution is 5.37. The van der Waals surface area contributed by atoms with Crippen LogP contribution in [0.3, 0.4) is 0 Å². The minimum atomic E-state index is -0.306. The number of hydrogen-bond acceptors (Lipinski definition) is 3. The van der Waals surface area contributed by atoms with E-state index in [4.69, 9.17) is 15.2 Å². The molecule has 0 aliphatic rings. The molecule has 3 nitrogen and oxygen atoms in total. The molecule has 0 aromatic heterocycles. The van der Waals surface area contributed by atoms with Crippen molar-refractivity contribution in [1.29, 1.82) is 0 Å². The Kier molecular flexibility index (Phi) is 6.66. The first-order chi connectivity index (χ1) is 9.48. The summed E-state index contributed by atoms with van der Waals surface area (Å²) in [4.78, 5) is 0. The van der Waals surface area contributed by atoms with Crippen LogP contribution in [0.5, 0.6) is 0 Å². The van der Waals surface area contributed by atoms with Crippen molar-refractivity contribution in [3.63, 3.8) is 0 Å². The van der Waals surface area contributed by atoms with Crippen LogP contribution in [0.1, 0.15) is 31.4 Å². The Morgan fingerprint density at radius 3 is 2.70 bits per heavy atom. The van der Waals surface area contributed by atoms with Crippen molar-refractivity contribution in [2.75, 3.05) is 20.3 Å². The van der Waals surface area contributed by atoms with Crippen molar-refractivity contribution in [1.82, 2.24) is 0 Å². The van der Waals surface area contributed by atoms with Crippen molar-refractivity contribution in [2.24, 2.45) is 5.73 Å². The van der Waals surface area contributed by atoms with Gasteiger partial charge in [-0.3, -0.25) is 0 Å². The molecular formula is C16H22FNO2. The van der Waals surface area contributed by atoms with Crippen molar-refractivity contribution in [2.45, 2.75) is 32.5 Å². The van der Waals surface area contributed by atoms with Gasteiger partial charge in [0.15, 0.2) is 0 Å². The lowest BCUT2D eigenvalue weighted by atomic mass is 10.1. The van der Waals surface area contributed by atoms with Gasteiger partial charge in [-0.1, -0.05) is 17.9 Å². The van der Waals surface area contributed by atoms with Gasteiger partial charge in [-0.15, -0.1) is 0 Å². The van der Waals surface area contributed by atoms with Crippen LogP contribution in [-0.4, -0.2) is 25.9 Å². The molecule has 110 valence electrons. The first-order valence-corrected chi connectivity index (χ1v) is 6.59. The fourth-order valence-electron chi connectivity index (χ4n) is 1.50. The normalized spacial score (nSPS) is 11.1. The third-order valence-electron chi connectivity index (χ3n) is 3.05. The van der Waals surface area contributed by atoms with Crippen molar-refractivity contribution in [3.05, 3.63) is 35.1 Å². The van der Waals surface area contributed by atoms with Crippen LogP contribution in [0.15, 0.2) is 18.2 Å². The highest BCUT2D eigenvalue weighted by Crippen LogP contribution is 2.15. The highest BCUT2D eigenvalue weighted by Gasteiger charge is 2.15. The van der Waals surface area contributed by atoms with Crippen molar-refractivity contribution in [3.8, 4) is 11.8 Å². The van der Waals surface area contributed by atoms with E-state index < -0.39 is 0 Å². The average Bonchev–Trinajstić information content (AvgIpc) is 2.43. The van der Waals surface area contributed by atoms with Crippen molar-refractivity contribution >= 4 is 0 Å². The third-order valence-corrected chi connectivity index (χ3v) is 3.05. The number of benzene rings is 1. The molecule has 0 unspecified atom stereocenters. The summed E-state index contributed by atoms with van der Waals surface area (Å²) in [5, 5.41) is 0. The van der Waals surface area contributed by atoms with E-state index in [9.17, 15) is 4.39 Å². The summed E-state index contributed by atoms with van der Waals surface area (Å²) in [6.07, 6.45) is 0.755. The molecule has 0 bridgehead atoms. The first-order valence-electron chi connectivity index (χ1n) is 6.59. The topological polar surface area (TPSA) is 44.5 Å². The lowest BCUT2D eigenvalue weighted by Crippen LogP contribution is -2.24. The van der Waals surface area contributed by atoms with Crippen LogP contribution in [0.25, 0.3) is 0 Å². The SMILES string of the molecule is COC(C)(C)CCOCc1ccc(C#CCN)cc1F. The lowest BCUT2D eigenvalue weighted by Gasteiger charge is -2.22. The molecule has 4 heteroatoms. The van der Waals surface area contributed by atoms with E-state index in [2.05, 4.69) is 11.8 Å². The van der Waals surface area contributed by atoms with Crippen LogP contribution < -0.4 is 5.73 Å².